The van der Waals surface area contributed by atoms with Gasteiger partial charge in [0, 0.05) is 11.6 Å². The van der Waals surface area contributed by atoms with Gasteiger partial charge in [0.2, 0.25) is 0 Å². The lowest BCUT2D eigenvalue weighted by atomic mass is 9.88. The Bertz CT molecular complexity index is 617. The number of benzene rings is 2. The smallest absolute Gasteiger partial charge is 0.128 e. The van der Waals surface area contributed by atoms with Crippen molar-refractivity contribution in [2.45, 2.75) is 46.3 Å². The van der Waals surface area contributed by atoms with E-state index in [2.05, 4.69) is 20.8 Å². The lowest BCUT2D eigenvalue weighted by Crippen LogP contribution is -2.09. The molecule has 0 radical (unpaired) electrons. The van der Waals surface area contributed by atoms with E-state index in [1.807, 2.05) is 30.3 Å². The lowest BCUT2D eigenvalue weighted by molar-refractivity contribution is 0.142. The molecule has 0 amide bonds. The molecule has 0 bridgehead atoms. The maximum Gasteiger partial charge on any atom is 0.128 e. The van der Waals surface area contributed by atoms with Gasteiger partial charge in [-0.2, -0.15) is 0 Å². The SMILES string of the molecule is CC(C)(C)CC[C@H](O)c1ccc(F)cc1OCc1ccccc1. The van der Waals surface area contributed by atoms with Gasteiger partial charge in [0.15, 0.2) is 0 Å². The first-order valence-electron chi connectivity index (χ1n) is 7.99. The third-order valence-corrected chi connectivity index (χ3v) is 3.74. The van der Waals surface area contributed by atoms with E-state index in [0.29, 0.717) is 24.3 Å². The van der Waals surface area contributed by atoms with Crippen molar-refractivity contribution in [3.63, 3.8) is 0 Å². The molecule has 0 spiro atoms. The molecule has 3 heteroatoms. The van der Waals surface area contributed by atoms with Gasteiger partial charge in [0.1, 0.15) is 18.2 Å². The van der Waals surface area contributed by atoms with E-state index >= 15 is 0 Å². The standard InChI is InChI=1S/C20H25FO2/c1-20(2,3)12-11-18(22)17-10-9-16(21)13-19(17)23-14-15-7-5-4-6-8-15/h4-10,13,18,22H,11-12,14H2,1-3H3/t18-/m0/s1. The third-order valence-electron chi connectivity index (χ3n) is 3.74. The van der Waals surface area contributed by atoms with Gasteiger partial charge in [-0.15, -0.1) is 0 Å². The average molecular weight is 316 g/mol. The van der Waals surface area contributed by atoms with Gasteiger partial charge in [0.05, 0.1) is 6.10 Å². The molecule has 2 aromatic carbocycles. The van der Waals surface area contributed by atoms with E-state index in [0.717, 1.165) is 12.0 Å². The van der Waals surface area contributed by atoms with Gasteiger partial charge in [-0.05, 0) is 36.0 Å². The van der Waals surface area contributed by atoms with E-state index in [1.165, 1.54) is 12.1 Å². The molecule has 0 aliphatic heterocycles. The molecule has 0 saturated carbocycles. The normalized spacial score (nSPS) is 12.9. The minimum Gasteiger partial charge on any atom is -0.488 e. The molecule has 2 aromatic rings. The first-order chi connectivity index (χ1) is 10.8. The Hall–Kier alpha value is -1.87. The molecule has 0 saturated heterocycles. The second kappa shape index (κ2) is 7.60. The van der Waals surface area contributed by atoms with Gasteiger partial charge < -0.3 is 9.84 Å². The molecule has 2 nitrogen and oxygen atoms in total. The Kier molecular flexibility index (Phi) is 5.78. The van der Waals surface area contributed by atoms with Crippen LogP contribution in [-0.4, -0.2) is 5.11 Å². The van der Waals surface area contributed by atoms with E-state index in [4.69, 9.17) is 4.74 Å². The maximum absolute atomic E-state index is 13.5. The molecule has 0 heterocycles. The molecular formula is C20H25FO2. The quantitative estimate of drug-likeness (QED) is 0.787. The molecule has 1 atom stereocenters. The summed E-state index contributed by atoms with van der Waals surface area (Å²) in [7, 11) is 0. The van der Waals surface area contributed by atoms with Crippen LogP contribution >= 0.6 is 0 Å². The van der Waals surface area contributed by atoms with Crippen LogP contribution in [-0.2, 0) is 6.61 Å². The molecule has 0 unspecified atom stereocenters. The predicted molar refractivity (Wildman–Crippen MR) is 90.8 cm³/mol. The topological polar surface area (TPSA) is 29.5 Å². The molecule has 0 fully saturated rings. The van der Waals surface area contributed by atoms with Crippen LogP contribution in [0.5, 0.6) is 5.75 Å². The van der Waals surface area contributed by atoms with Crippen LogP contribution in [0.3, 0.4) is 0 Å². The van der Waals surface area contributed by atoms with Crippen molar-refractivity contribution in [3.05, 3.63) is 65.5 Å². The zero-order valence-electron chi connectivity index (χ0n) is 14.1. The Morgan fingerprint density at radius 3 is 2.43 bits per heavy atom. The number of aliphatic hydroxyl groups is 1. The van der Waals surface area contributed by atoms with Crippen molar-refractivity contribution in [1.29, 1.82) is 0 Å². The number of rotatable bonds is 6. The van der Waals surface area contributed by atoms with Crippen molar-refractivity contribution >= 4 is 0 Å². The van der Waals surface area contributed by atoms with Crippen LogP contribution in [0.4, 0.5) is 4.39 Å². The number of hydrogen-bond acceptors (Lipinski definition) is 2. The van der Waals surface area contributed by atoms with Crippen LogP contribution in [0.1, 0.15) is 50.8 Å². The van der Waals surface area contributed by atoms with Gasteiger partial charge in [-0.1, -0.05) is 51.1 Å². The molecule has 0 aliphatic carbocycles. The van der Waals surface area contributed by atoms with E-state index < -0.39 is 6.10 Å². The van der Waals surface area contributed by atoms with E-state index in [9.17, 15) is 9.50 Å². The summed E-state index contributed by atoms with van der Waals surface area (Å²) in [4.78, 5) is 0. The Morgan fingerprint density at radius 2 is 1.78 bits per heavy atom. The molecule has 2 rings (SSSR count). The largest absolute Gasteiger partial charge is 0.488 e. The monoisotopic (exact) mass is 316 g/mol. The highest BCUT2D eigenvalue weighted by Crippen LogP contribution is 2.32. The summed E-state index contributed by atoms with van der Waals surface area (Å²) < 4.78 is 19.3. The minimum absolute atomic E-state index is 0.145. The Balaban J connectivity index is 2.10. The van der Waals surface area contributed by atoms with Crippen LogP contribution in [0.2, 0.25) is 0 Å². The van der Waals surface area contributed by atoms with Crippen molar-refractivity contribution < 1.29 is 14.2 Å². The molecule has 0 aromatic heterocycles. The van der Waals surface area contributed by atoms with Crippen molar-refractivity contribution in [2.24, 2.45) is 5.41 Å². The number of hydrogen-bond donors (Lipinski definition) is 1. The summed E-state index contributed by atoms with van der Waals surface area (Å²) >= 11 is 0. The first kappa shape index (κ1) is 17.5. The summed E-state index contributed by atoms with van der Waals surface area (Å²) in [6.45, 7) is 6.76. The zero-order chi connectivity index (χ0) is 16.9. The van der Waals surface area contributed by atoms with Crippen molar-refractivity contribution in [1.82, 2.24) is 0 Å². The summed E-state index contributed by atoms with van der Waals surface area (Å²) in [5.74, 6) is 0.0510. The second-order valence-corrected chi connectivity index (χ2v) is 7.07. The molecule has 0 aliphatic rings. The first-order valence-corrected chi connectivity index (χ1v) is 7.99. The summed E-state index contributed by atoms with van der Waals surface area (Å²) in [5.41, 5.74) is 1.80. The third kappa shape index (κ3) is 5.68. The van der Waals surface area contributed by atoms with Gasteiger partial charge >= 0.3 is 0 Å². The molecule has 1 N–H and O–H groups in total. The van der Waals surface area contributed by atoms with Crippen LogP contribution in [0.15, 0.2) is 48.5 Å². The highest BCUT2D eigenvalue weighted by Gasteiger charge is 2.18. The fourth-order valence-corrected chi connectivity index (χ4v) is 2.37. The van der Waals surface area contributed by atoms with Crippen molar-refractivity contribution in [3.8, 4) is 5.75 Å². The molecule has 124 valence electrons. The van der Waals surface area contributed by atoms with Crippen LogP contribution in [0.25, 0.3) is 0 Å². The van der Waals surface area contributed by atoms with Crippen LogP contribution in [0, 0.1) is 11.2 Å². The Labute approximate surface area is 137 Å². The number of ether oxygens (including phenoxy) is 1. The lowest BCUT2D eigenvalue weighted by Gasteiger charge is -2.22. The van der Waals surface area contributed by atoms with Gasteiger partial charge in [-0.25, -0.2) is 4.39 Å². The average Bonchev–Trinajstić information content (AvgIpc) is 2.51. The van der Waals surface area contributed by atoms with Crippen LogP contribution < -0.4 is 4.74 Å². The fraction of sp³-hybridized carbons (Fsp3) is 0.400. The van der Waals surface area contributed by atoms with Gasteiger partial charge in [0.25, 0.3) is 0 Å². The number of aliphatic hydroxyl groups excluding tert-OH is 1. The number of halogens is 1. The fourth-order valence-electron chi connectivity index (χ4n) is 2.37. The summed E-state index contributed by atoms with van der Waals surface area (Å²) in [5, 5.41) is 10.5. The van der Waals surface area contributed by atoms with Gasteiger partial charge in [-0.3, -0.25) is 0 Å². The molecule has 23 heavy (non-hydrogen) atoms. The highest BCUT2D eigenvalue weighted by atomic mass is 19.1. The maximum atomic E-state index is 13.5. The van der Waals surface area contributed by atoms with E-state index in [1.54, 1.807) is 6.07 Å². The molecular weight excluding hydrogens is 291 g/mol. The Morgan fingerprint density at radius 1 is 1.09 bits per heavy atom. The predicted octanol–water partition coefficient (Wildman–Crippen LogP) is 5.26. The summed E-state index contributed by atoms with van der Waals surface area (Å²) in [6.07, 6.45) is 0.848. The van der Waals surface area contributed by atoms with Crippen molar-refractivity contribution in [2.75, 3.05) is 0 Å². The minimum atomic E-state index is -0.652. The summed E-state index contributed by atoms with van der Waals surface area (Å²) in [6, 6.07) is 14.0. The van der Waals surface area contributed by atoms with E-state index in [-0.39, 0.29) is 11.2 Å². The zero-order valence-corrected chi connectivity index (χ0v) is 14.1. The highest BCUT2D eigenvalue weighted by molar-refractivity contribution is 5.36. The second-order valence-electron chi connectivity index (χ2n) is 7.07.